The second-order valence-electron chi connectivity index (χ2n) is 4.48. The van der Waals surface area contributed by atoms with Crippen LogP contribution >= 0.6 is 11.3 Å². The molecule has 0 unspecified atom stereocenters. The van der Waals surface area contributed by atoms with E-state index in [1.54, 1.807) is 23.7 Å². The standard InChI is InChI=1S/C17H13N3OS/c21-17(20-16-12-18-8-9-19-16)15(11-14-7-4-10-22-14)13-5-2-1-3-6-13/h1-12H,(H,19,20,21)/b15-11+. The molecule has 3 aromatic rings. The molecule has 3 rings (SSSR count). The van der Waals surface area contributed by atoms with Crippen molar-refractivity contribution in [2.45, 2.75) is 0 Å². The molecule has 0 aliphatic rings. The van der Waals surface area contributed by atoms with Gasteiger partial charge in [-0.05, 0) is 23.1 Å². The zero-order valence-corrected chi connectivity index (χ0v) is 12.5. The summed E-state index contributed by atoms with van der Waals surface area (Å²) in [4.78, 5) is 21.6. The number of thiophene rings is 1. The van der Waals surface area contributed by atoms with Crippen LogP contribution in [-0.2, 0) is 4.79 Å². The molecule has 0 aliphatic carbocycles. The smallest absolute Gasteiger partial charge is 0.257 e. The Kier molecular flexibility index (Phi) is 4.36. The highest BCUT2D eigenvalue weighted by Crippen LogP contribution is 2.22. The summed E-state index contributed by atoms with van der Waals surface area (Å²) in [6.45, 7) is 0. The van der Waals surface area contributed by atoms with Crippen LogP contribution in [0.5, 0.6) is 0 Å². The van der Waals surface area contributed by atoms with Gasteiger partial charge in [-0.2, -0.15) is 0 Å². The van der Waals surface area contributed by atoms with E-state index < -0.39 is 0 Å². The first-order chi connectivity index (χ1) is 10.8. The first-order valence-electron chi connectivity index (χ1n) is 6.71. The topological polar surface area (TPSA) is 54.9 Å². The zero-order valence-electron chi connectivity index (χ0n) is 11.6. The predicted molar refractivity (Wildman–Crippen MR) is 89.3 cm³/mol. The molecule has 0 aliphatic heterocycles. The fraction of sp³-hybridized carbons (Fsp3) is 0. The van der Waals surface area contributed by atoms with Crippen molar-refractivity contribution in [3.05, 3.63) is 76.9 Å². The fourth-order valence-corrected chi connectivity index (χ4v) is 2.62. The second kappa shape index (κ2) is 6.78. The van der Waals surface area contributed by atoms with Gasteiger partial charge in [0.25, 0.3) is 5.91 Å². The molecule has 5 heteroatoms. The van der Waals surface area contributed by atoms with Gasteiger partial charge in [0, 0.05) is 22.8 Å². The number of rotatable bonds is 4. The van der Waals surface area contributed by atoms with Gasteiger partial charge < -0.3 is 5.32 Å². The molecule has 0 spiro atoms. The minimum atomic E-state index is -0.208. The van der Waals surface area contributed by atoms with Crippen molar-refractivity contribution in [1.29, 1.82) is 0 Å². The molecule has 1 amide bonds. The molecule has 0 fully saturated rings. The average Bonchev–Trinajstić information content (AvgIpc) is 3.07. The summed E-state index contributed by atoms with van der Waals surface area (Å²) in [5.41, 5.74) is 1.45. The molecule has 0 saturated heterocycles. The van der Waals surface area contributed by atoms with Gasteiger partial charge in [-0.3, -0.25) is 9.78 Å². The SMILES string of the molecule is O=C(Nc1cnccn1)/C(=C/c1cccs1)c1ccccc1. The molecule has 4 nitrogen and oxygen atoms in total. The van der Waals surface area contributed by atoms with Crippen LogP contribution in [0.1, 0.15) is 10.4 Å². The Morgan fingerprint density at radius 3 is 2.64 bits per heavy atom. The lowest BCUT2D eigenvalue weighted by Gasteiger charge is -2.08. The van der Waals surface area contributed by atoms with Gasteiger partial charge in [0.05, 0.1) is 6.20 Å². The van der Waals surface area contributed by atoms with E-state index in [2.05, 4.69) is 15.3 Å². The van der Waals surface area contributed by atoms with Crippen LogP contribution in [0.3, 0.4) is 0 Å². The number of aromatic nitrogens is 2. The van der Waals surface area contributed by atoms with Crippen LogP contribution in [-0.4, -0.2) is 15.9 Å². The third-order valence-corrected chi connectivity index (χ3v) is 3.78. The Hall–Kier alpha value is -2.79. The van der Waals surface area contributed by atoms with Crippen LogP contribution < -0.4 is 5.32 Å². The van der Waals surface area contributed by atoms with Crippen molar-refractivity contribution in [1.82, 2.24) is 9.97 Å². The molecular formula is C17H13N3OS. The number of anilines is 1. The Labute approximate surface area is 132 Å². The van der Waals surface area contributed by atoms with E-state index in [0.29, 0.717) is 11.4 Å². The van der Waals surface area contributed by atoms with E-state index in [-0.39, 0.29) is 5.91 Å². The van der Waals surface area contributed by atoms with Crippen molar-refractivity contribution >= 4 is 34.7 Å². The largest absolute Gasteiger partial charge is 0.305 e. The van der Waals surface area contributed by atoms with Crippen LogP contribution in [0.25, 0.3) is 11.6 Å². The maximum absolute atomic E-state index is 12.6. The van der Waals surface area contributed by atoms with Gasteiger partial charge in [0.2, 0.25) is 0 Å². The van der Waals surface area contributed by atoms with Crippen molar-refractivity contribution < 1.29 is 4.79 Å². The predicted octanol–water partition coefficient (Wildman–Crippen LogP) is 3.72. The average molecular weight is 307 g/mol. The summed E-state index contributed by atoms with van der Waals surface area (Å²) in [6, 6.07) is 13.5. The second-order valence-corrected chi connectivity index (χ2v) is 5.46. The van der Waals surface area contributed by atoms with Gasteiger partial charge in [-0.1, -0.05) is 36.4 Å². The molecule has 2 aromatic heterocycles. The number of nitrogens with one attached hydrogen (secondary N) is 1. The molecule has 0 atom stereocenters. The third kappa shape index (κ3) is 3.45. The fourth-order valence-electron chi connectivity index (χ4n) is 1.96. The molecule has 2 heterocycles. The number of hydrogen-bond acceptors (Lipinski definition) is 4. The Bertz CT molecular complexity index is 768. The van der Waals surface area contributed by atoms with Crippen molar-refractivity contribution in [2.24, 2.45) is 0 Å². The van der Waals surface area contributed by atoms with Gasteiger partial charge in [-0.15, -0.1) is 11.3 Å². The van der Waals surface area contributed by atoms with Crippen LogP contribution in [0, 0.1) is 0 Å². The van der Waals surface area contributed by atoms with E-state index in [4.69, 9.17) is 0 Å². The van der Waals surface area contributed by atoms with Crippen molar-refractivity contribution in [3.63, 3.8) is 0 Å². The van der Waals surface area contributed by atoms with Crippen LogP contribution in [0.15, 0.2) is 66.4 Å². The molecule has 1 aromatic carbocycles. The molecule has 0 bridgehead atoms. The molecule has 1 N–H and O–H groups in total. The Balaban J connectivity index is 1.93. The number of carbonyl (C=O) groups is 1. The van der Waals surface area contributed by atoms with E-state index in [1.165, 1.54) is 6.20 Å². The lowest BCUT2D eigenvalue weighted by atomic mass is 10.0. The van der Waals surface area contributed by atoms with E-state index in [0.717, 1.165) is 10.4 Å². The first-order valence-corrected chi connectivity index (χ1v) is 7.59. The lowest BCUT2D eigenvalue weighted by molar-refractivity contribution is -0.111. The Morgan fingerprint density at radius 1 is 1.09 bits per heavy atom. The minimum absolute atomic E-state index is 0.208. The van der Waals surface area contributed by atoms with Gasteiger partial charge in [0.15, 0.2) is 5.82 Å². The molecular weight excluding hydrogens is 294 g/mol. The van der Waals surface area contributed by atoms with Gasteiger partial charge in [0.1, 0.15) is 0 Å². The number of nitrogens with zero attached hydrogens (tertiary/aromatic N) is 2. The summed E-state index contributed by atoms with van der Waals surface area (Å²) >= 11 is 1.59. The summed E-state index contributed by atoms with van der Waals surface area (Å²) in [7, 11) is 0. The van der Waals surface area contributed by atoms with E-state index >= 15 is 0 Å². The monoisotopic (exact) mass is 307 g/mol. The summed E-state index contributed by atoms with van der Waals surface area (Å²) in [6.07, 6.45) is 6.51. The number of carbonyl (C=O) groups excluding carboxylic acids is 1. The lowest BCUT2D eigenvalue weighted by Crippen LogP contribution is -2.14. The highest BCUT2D eigenvalue weighted by atomic mass is 32.1. The number of benzene rings is 1. The van der Waals surface area contributed by atoms with Crippen LogP contribution in [0.4, 0.5) is 5.82 Å². The summed E-state index contributed by atoms with van der Waals surface area (Å²) in [5.74, 6) is 0.223. The third-order valence-electron chi connectivity index (χ3n) is 2.96. The van der Waals surface area contributed by atoms with Gasteiger partial charge in [-0.25, -0.2) is 4.98 Å². The quantitative estimate of drug-likeness (QED) is 0.747. The van der Waals surface area contributed by atoms with Crippen LogP contribution in [0.2, 0.25) is 0 Å². The minimum Gasteiger partial charge on any atom is -0.305 e. The number of amides is 1. The van der Waals surface area contributed by atoms with E-state index in [1.807, 2.05) is 53.9 Å². The van der Waals surface area contributed by atoms with Gasteiger partial charge >= 0.3 is 0 Å². The maximum atomic E-state index is 12.6. The molecule has 108 valence electrons. The Morgan fingerprint density at radius 2 is 1.95 bits per heavy atom. The van der Waals surface area contributed by atoms with E-state index in [9.17, 15) is 4.79 Å². The maximum Gasteiger partial charge on any atom is 0.257 e. The molecule has 0 saturated carbocycles. The van der Waals surface area contributed by atoms with Crippen molar-refractivity contribution in [3.8, 4) is 0 Å². The first kappa shape index (κ1) is 14.2. The van der Waals surface area contributed by atoms with Crippen molar-refractivity contribution in [2.75, 3.05) is 5.32 Å². The highest BCUT2D eigenvalue weighted by Gasteiger charge is 2.13. The normalized spacial score (nSPS) is 11.2. The highest BCUT2D eigenvalue weighted by molar-refractivity contribution is 7.11. The summed E-state index contributed by atoms with van der Waals surface area (Å²) in [5, 5.41) is 4.76. The summed E-state index contributed by atoms with van der Waals surface area (Å²) < 4.78 is 0. The number of hydrogen-bond donors (Lipinski definition) is 1. The molecule has 0 radical (unpaired) electrons. The molecule has 22 heavy (non-hydrogen) atoms. The zero-order chi connectivity index (χ0) is 15.2.